The van der Waals surface area contributed by atoms with E-state index in [9.17, 15) is 0 Å². The average molecular weight is 243 g/mol. The molecule has 0 fully saturated rings. The summed E-state index contributed by atoms with van der Waals surface area (Å²) < 4.78 is 5.58. The normalized spacial score (nSPS) is 10.8. The molecule has 0 aliphatic rings. The highest BCUT2D eigenvalue weighted by molar-refractivity contribution is 5.86. The third-order valence-electron chi connectivity index (χ3n) is 3.32. The van der Waals surface area contributed by atoms with Gasteiger partial charge < -0.3 is 4.74 Å². The van der Waals surface area contributed by atoms with Gasteiger partial charge in [0.15, 0.2) is 0 Å². The summed E-state index contributed by atoms with van der Waals surface area (Å²) in [6.45, 7) is 2.24. The first-order valence-corrected chi connectivity index (χ1v) is 6.77. The van der Waals surface area contributed by atoms with Gasteiger partial charge in [0.2, 0.25) is 0 Å². The molecule has 0 saturated heterocycles. The van der Waals surface area contributed by atoms with E-state index in [-0.39, 0.29) is 0 Å². The van der Waals surface area contributed by atoms with Crippen LogP contribution in [0.25, 0.3) is 10.9 Å². The molecular weight excluding hydrogens is 222 g/mol. The van der Waals surface area contributed by atoms with E-state index in [1.165, 1.54) is 31.2 Å². The topological polar surface area (TPSA) is 22.1 Å². The molecule has 2 nitrogen and oxygen atoms in total. The SMILES string of the molecule is CCCCCCc1ccc2ncccc2c1OC. The highest BCUT2D eigenvalue weighted by Crippen LogP contribution is 2.29. The van der Waals surface area contributed by atoms with Gasteiger partial charge in [0.1, 0.15) is 5.75 Å². The number of nitrogens with zero attached hydrogens (tertiary/aromatic N) is 1. The number of unbranched alkanes of at least 4 members (excludes halogenated alkanes) is 3. The second-order valence-electron chi connectivity index (χ2n) is 4.64. The van der Waals surface area contributed by atoms with Crippen molar-refractivity contribution in [2.45, 2.75) is 39.0 Å². The molecule has 96 valence electrons. The van der Waals surface area contributed by atoms with Crippen molar-refractivity contribution in [2.75, 3.05) is 7.11 Å². The minimum atomic E-state index is 0.997. The number of methoxy groups -OCH3 is 1. The van der Waals surface area contributed by atoms with Crippen LogP contribution in [0, 0.1) is 0 Å². The molecule has 2 rings (SSSR count). The number of ether oxygens (including phenoxy) is 1. The van der Waals surface area contributed by atoms with E-state index >= 15 is 0 Å². The molecule has 0 atom stereocenters. The van der Waals surface area contributed by atoms with E-state index in [2.05, 4.69) is 30.1 Å². The van der Waals surface area contributed by atoms with Gasteiger partial charge in [0, 0.05) is 11.6 Å². The molecule has 1 aromatic heterocycles. The number of rotatable bonds is 6. The molecule has 2 heteroatoms. The Morgan fingerprint density at radius 2 is 2.00 bits per heavy atom. The Bertz CT molecular complexity index is 507. The fraction of sp³-hybridized carbons (Fsp3) is 0.438. The van der Waals surface area contributed by atoms with Crippen LogP contribution in [0.5, 0.6) is 5.75 Å². The van der Waals surface area contributed by atoms with Crippen LogP contribution in [0.2, 0.25) is 0 Å². The number of benzene rings is 1. The van der Waals surface area contributed by atoms with Crippen LogP contribution in [0.15, 0.2) is 30.5 Å². The number of hydrogen-bond donors (Lipinski definition) is 0. The van der Waals surface area contributed by atoms with Gasteiger partial charge in [0.25, 0.3) is 0 Å². The maximum Gasteiger partial charge on any atom is 0.131 e. The molecule has 0 N–H and O–H groups in total. The number of hydrogen-bond acceptors (Lipinski definition) is 2. The summed E-state index contributed by atoms with van der Waals surface area (Å²) in [5, 5.41) is 1.12. The van der Waals surface area contributed by atoms with E-state index in [0.29, 0.717) is 0 Å². The molecule has 18 heavy (non-hydrogen) atoms. The molecule has 0 aliphatic carbocycles. The first-order chi connectivity index (χ1) is 8.86. The van der Waals surface area contributed by atoms with Crippen molar-refractivity contribution < 1.29 is 4.74 Å². The minimum absolute atomic E-state index is 0.997. The standard InChI is InChI=1S/C16H21NO/c1-3-4-5-6-8-13-10-11-15-14(16(13)18-2)9-7-12-17-15/h7,9-12H,3-6,8H2,1-2H3. The maximum absolute atomic E-state index is 5.58. The zero-order valence-corrected chi connectivity index (χ0v) is 11.3. The molecule has 0 amide bonds. The maximum atomic E-state index is 5.58. The Morgan fingerprint density at radius 1 is 1.11 bits per heavy atom. The lowest BCUT2D eigenvalue weighted by molar-refractivity contribution is 0.414. The van der Waals surface area contributed by atoms with E-state index in [4.69, 9.17) is 4.74 Å². The molecule has 0 aliphatic heterocycles. The van der Waals surface area contributed by atoms with Gasteiger partial charge in [0.05, 0.1) is 12.6 Å². The van der Waals surface area contributed by atoms with E-state index in [1.807, 2.05) is 12.3 Å². The monoisotopic (exact) mass is 243 g/mol. The van der Waals surface area contributed by atoms with Crippen LogP contribution in [0.3, 0.4) is 0 Å². The van der Waals surface area contributed by atoms with Crippen molar-refractivity contribution in [3.63, 3.8) is 0 Å². The second-order valence-corrected chi connectivity index (χ2v) is 4.64. The van der Waals surface area contributed by atoms with Gasteiger partial charge in [-0.2, -0.15) is 0 Å². The summed E-state index contributed by atoms with van der Waals surface area (Å²) in [6, 6.07) is 8.29. The molecule has 0 radical (unpaired) electrons. The number of aryl methyl sites for hydroxylation is 1. The lowest BCUT2D eigenvalue weighted by atomic mass is 10.0. The minimum Gasteiger partial charge on any atom is -0.496 e. The molecule has 0 saturated carbocycles. The summed E-state index contributed by atoms with van der Waals surface area (Å²) >= 11 is 0. The fourth-order valence-corrected chi connectivity index (χ4v) is 2.35. The van der Waals surface area contributed by atoms with Crippen LogP contribution in [-0.4, -0.2) is 12.1 Å². The highest BCUT2D eigenvalue weighted by Gasteiger charge is 2.08. The lowest BCUT2D eigenvalue weighted by Crippen LogP contribution is -1.94. The third-order valence-corrected chi connectivity index (χ3v) is 3.32. The molecule has 0 spiro atoms. The third kappa shape index (κ3) is 2.81. The van der Waals surface area contributed by atoms with Gasteiger partial charge in [-0.15, -0.1) is 0 Å². The molecule has 0 bridgehead atoms. The van der Waals surface area contributed by atoms with E-state index in [1.54, 1.807) is 7.11 Å². The predicted octanol–water partition coefficient (Wildman–Crippen LogP) is 4.37. The summed E-state index contributed by atoms with van der Waals surface area (Å²) in [5.74, 6) is 0.997. The quantitative estimate of drug-likeness (QED) is 0.703. The van der Waals surface area contributed by atoms with Crippen molar-refractivity contribution >= 4 is 10.9 Å². The van der Waals surface area contributed by atoms with E-state index in [0.717, 1.165) is 23.1 Å². The Kier molecular flexibility index (Phi) is 4.57. The van der Waals surface area contributed by atoms with Crippen molar-refractivity contribution in [3.8, 4) is 5.75 Å². The summed E-state index contributed by atoms with van der Waals surface area (Å²) in [6.07, 6.45) is 8.04. The van der Waals surface area contributed by atoms with Crippen molar-refractivity contribution in [1.82, 2.24) is 4.98 Å². The molecule has 1 heterocycles. The summed E-state index contributed by atoms with van der Waals surface area (Å²) in [4.78, 5) is 4.36. The average Bonchev–Trinajstić information content (AvgIpc) is 2.43. The first kappa shape index (κ1) is 12.9. The van der Waals surface area contributed by atoms with Gasteiger partial charge >= 0.3 is 0 Å². The Hall–Kier alpha value is -1.57. The van der Waals surface area contributed by atoms with Crippen LogP contribution in [-0.2, 0) is 6.42 Å². The van der Waals surface area contributed by atoms with Crippen LogP contribution in [0.4, 0.5) is 0 Å². The molecule has 2 aromatic rings. The number of pyridine rings is 1. The Balaban J connectivity index is 2.22. The van der Waals surface area contributed by atoms with Gasteiger partial charge in [-0.25, -0.2) is 0 Å². The van der Waals surface area contributed by atoms with E-state index < -0.39 is 0 Å². The fourth-order valence-electron chi connectivity index (χ4n) is 2.35. The van der Waals surface area contributed by atoms with Crippen molar-refractivity contribution in [1.29, 1.82) is 0 Å². The van der Waals surface area contributed by atoms with Crippen LogP contribution < -0.4 is 4.74 Å². The van der Waals surface area contributed by atoms with Crippen molar-refractivity contribution in [3.05, 3.63) is 36.0 Å². The predicted molar refractivity (Wildman–Crippen MR) is 76.1 cm³/mol. The van der Waals surface area contributed by atoms with Crippen LogP contribution >= 0.6 is 0 Å². The first-order valence-electron chi connectivity index (χ1n) is 6.77. The molecule has 1 aromatic carbocycles. The summed E-state index contributed by atoms with van der Waals surface area (Å²) in [7, 11) is 1.75. The number of aromatic nitrogens is 1. The zero-order valence-electron chi connectivity index (χ0n) is 11.3. The van der Waals surface area contributed by atoms with Crippen molar-refractivity contribution in [2.24, 2.45) is 0 Å². The highest BCUT2D eigenvalue weighted by atomic mass is 16.5. The molecular formula is C16H21NO. The second kappa shape index (κ2) is 6.39. The largest absolute Gasteiger partial charge is 0.496 e. The van der Waals surface area contributed by atoms with Crippen LogP contribution in [0.1, 0.15) is 38.2 Å². The summed E-state index contributed by atoms with van der Waals surface area (Å²) in [5.41, 5.74) is 2.31. The Labute approximate surface area is 109 Å². The zero-order chi connectivity index (χ0) is 12.8. The molecule has 0 unspecified atom stereocenters. The van der Waals surface area contributed by atoms with Gasteiger partial charge in [-0.1, -0.05) is 32.3 Å². The smallest absolute Gasteiger partial charge is 0.131 e. The van der Waals surface area contributed by atoms with Gasteiger partial charge in [-0.05, 0) is 36.6 Å². The Morgan fingerprint density at radius 3 is 2.78 bits per heavy atom. The lowest BCUT2D eigenvalue weighted by Gasteiger charge is -2.11. The van der Waals surface area contributed by atoms with Gasteiger partial charge in [-0.3, -0.25) is 4.98 Å². The number of fused-ring (bicyclic) bond motifs is 1.